The van der Waals surface area contributed by atoms with E-state index in [-0.39, 0.29) is 42.3 Å². The van der Waals surface area contributed by atoms with Crippen LogP contribution in [0, 0.1) is 11.8 Å². The maximum Gasteiger partial charge on any atom is 0.230 e. The van der Waals surface area contributed by atoms with Crippen LogP contribution in [0.4, 0.5) is 0 Å². The van der Waals surface area contributed by atoms with E-state index in [1.807, 2.05) is 0 Å². The summed E-state index contributed by atoms with van der Waals surface area (Å²) in [7, 11) is 4.40. The molecule has 0 aliphatic carbocycles. The van der Waals surface area contributed by atoms with Crippen molar-refractivity contribution in [2.24, 2.45) is 0 Å². The van der Waals surface area contributed by atoms with Gasteiger partial charge in [0.25, 0.3) is 0 Å². The highest BCUT2D eigenvalue weighted by Gasteiger charge is 2.30. The SMILES string of the molecule is C[N+]1(C)CCCC[C@H]1C#CCN1C(=O)CCC1=O.[I-]. The van der Waals surface area contributed by atoms with Gasteiger partial charge in [-0.1, -0.05) is 5.92 Å². The molecule has 0 spiro atoms. The Balaban J connectivity index is 0.00000180. The Morgan fingerprint density at radius 2 is 1.84 bits per heavy atom. The van der Waals surface area contributed by atoms with Crippen molar-refractivity contribution in [2.75, 3.05) is 27.2 Å². The fourth-order valence-electron chi connectivity index (χ4n) is 2.65. The third kappa shape index (κ3) is 3.93. The van der Waals surface area contributed by atoms with Gasteiger partial charge in [0.15, 0.2) is 6.04 Å². The predicted octanol–water partition coefficient (Wildman–Crippen LogP) is -2.23. The predicted molar refractivity (Wildman–Crippen MR) is 68.3 cm³/mol. The van der Waals surface area contributed by atoms with Gasteiger partial charge in [0.05, 0.1) is 27.2 Å². The Bertz CT molecular complexity index is 407. The molecule has 2 aliphatic rings. The molecule has 2 fully saturated rings. The first-order valence-electron chi connectivity index (χ1n) is 6.65. The topological polar surface area (TPSA) is 37.4 Å². The van der Waals surface area contributed by atoms with Crippen molar-refractivity contribution < 1.29 is 38.0 Å². The van der Waals surface area contributed by atoms with Gasteiger partial charge in [-0.25, -0.2) is 0 Å². The van der Waals surface area contributed by atoms with Gasteiger partial charge in [0.2, 0.25) is 11.8 Å². The molecule has 106 valence electrons. The van der Waals surface area contributed by atoms with Gasteiger partial charge < -0.3 is 28.5 Å². The molecule has 0 aromatic carbocycles. The summed E-state index contributed by atoms with van der Waals surface area (Å²) in [5.74, 6) is 6.13. The largest absolute Gasteiger partial charge is 1.00 e. The van der Waals surface area contributed by atoms with Crippen LogP contribution in [0.25, 0.3) is 0 Å². The van der Waals surface area contributed by atoms with Crippen molar-refractivity contribution in [1.82, 2.24) is 4.90 Å². The van der Waals surface area contributed by atoms with Crippen LogP contribution in [0.1, 0.15) is 32.1 Å². The minimum absolute atomic E-state index is 0. The summed E-state index contributed by atoms with van der Waals surface area (Å²) in [5.41, 5.74) is 0. The molecule has 19 heavy (non-hydrogen) atoms. The number of hydrogen-bond donors (Lipinski definition) is 0. The molecule has 4 nitrogen and oxygen atoms in total. The van der Waals surface area contributed by atoms with Gasteiger partial charge in [-0.05, 0) is 18.8 Å². The van der Waals surface area contributed by atoms with Gasteiger partial charge in [-0.3, -0.25) is 14.5 Å². The lowest BCUT2D eigenvalue weighted by molar-refractivity contribution is -0.911. The van der Waals surface area contributed by atoms with E-state index in [4.69, 9.17) is 0 Å². The van der Waals surface area contributed by atoms with Crippen molar-refractivity contribution in [1.29, 1.82) is 0 Å². The molecule has 1 atom stereocenters. The second-order valence-electron chi connectivity index (χ2n) is 5.71. The summed E-state index contributed by atoms with van der Waals surface area (Å²) in [5, 5.41) is 0. The second kappa shape index (κ2) is 6.71. The monoisotopic (exact) mass is 376 g/mol. The molecule has 2 heterocycles. The standard InChI is InChI=1S/C14H21N2O2.HI/c1-16(2)11-4-3-6-12(16)7-5-10-15-13(17)8-9-14(15)18;/h12H,3-4,6,8-11H2,1-2H3;1H/q+1;/p-1/t12-;/m0./s1. The smallest absolute Gasteiger partial charge is 0.230 e. The molecule has 2 amide bonds. The zero-order valence-electron chi connectivity index (χ0n) is 11.6. The minimum atomic E-state index is -0.0771. The molecule has 0 radical (unpaired) electrons. The van der Waals surface area contributed by atoms with Gasteiger partial charge in [0, 0.05) is 19.3 Å². The number of carbonyl (C=O) groups is 2. The summed E-state index contributed by atoms with van der Waals surface area (Å²) in [6, 6.07) is 0.339. The molecule has 5 heteroatoms. The minimum Gasteiger partial charge on any atom is -1.00 e. The Morgan fingerprint density at radius 1 is 1.21 bits per heavy atom. The Morgan fingerprint density at radius 3 is 2.42 bits per heavy atom. The van der Waals surface area contributed by atoms with Crippen molar-refractivity contribution in [3.63, 3.8) is 0 Å². The first-order valence-corrected chi connectivity index (χ1v) is 6.65. The number of imide groups is 1. The molecule has 2 saturated heterocycles. The van der Waals surface area contributed by atoms with Crippen molar-refractivity contribution in [3.05, 3.63) is 0 Å². The van der Waals surface area contributed by atoms with E-state index in [9.17, 15) is 9.59 Å². The number of piperidine rings is 1. The van der Waals surface area contributed by atoms with Gasteiger partial charge >= 0.3 is 0 Å². The highest BCUT2D eigenvalue weighted by molar-refractivity contribution is 6.02. The molecular weight excluding hydrogens is 355 g/mol. The summed E-state index contributed by atoms with van der Waals surface area (Å²) in [6.45, 7) is 1.43. The fourth-order valence-corrected chi connectivity index (χ4v) is 2.65. The van der Waals surface area contributed by atoms with E-state index in [0.717, 1.165) is 17.4 Å². The maximum atomic E-state index is 11.4. The van der Waals surface area contributed by atoms with Crippen LogP contribution in [0.5, 0.6) is 0 Å². The highest BCUT2D eigenvalue weighted by atomic mass is 127. The average molecular weight is 376 g/mol. The number of likely N-dealkylation sites (tertiary alicyclic amines) is 2. The number of hydrogen-bond acceptors (Lipinski definition) is 2. The molecule has 2 rings (SSSR count). The molecule has 2 aliphatic heterocycles. The maximum absolute atomic E-state index is 11.4. The molecule has 0 aromatic heterocycles. The molecule has 0 N–H and O–H groups in total. The van der Waals surface area contributed by atoms with E-state index >= 15 is 0 Å². The molecule has 0 aromatic rings. The summed E-state index contributed by atoms with van der Waals surface area (Å²) < 4.78 is 0.925. The van der Waals surface area contributed by atoms with Crippen LogP contribution in [0.15, 0.2) is 0 Å². The average Bonchev–Trinajstić information content (AvgIpc) is 2.62. The Labute approximate surface area is 132 Å². The van der Waals surface area contributed by atoms with Crippen molar-refractivity contribution in [2.45, 2.75) is 38.1 Å². The van der Waals surface area contributed by atoms with Gasteiger partial charge in [-0.2, -0.15) is 0 Å². The summed E-state index contributed by atoms with van der Waals surface area (Å²) in [6.07, 6.45) is 4.30. The lowest BCUT2D eigenvalue weighted by Gasteiger charge is -2.38. The number of rotatable bonds is 1. The number of carbonyl (C=O) groups excluding carboxylic acids is 2. The number of nitrogens with zero attached hydrogens (tertiary/aromatic N) is 2. The lowest BCUT2D eigenvalue weighted by Crippen LogP contribution is -3.00. The number of amides is 2. The Kier molecular flexibility index (Phi) is 5.81. The van der Waals surface area contributed by atoms with Crippen LogP contribution in [0.3, 0.4) is 0 Å². The molecule has 0 unspecified atom stereocenters. The van der Waals surface area contributed by atoms with Crippen LogP contribution in [-0.4, -0.2) is 54.4 Å². The normalized spacial score (nSPS) is 25.6. The number of quaternary nitrogens is 1. The van der Waals surface area contributed by atoms with E-state index in [1.165, 1.54) is 17.7 Å². The van der Waals surface area contributed by atoms with E-state index in [2.05, 4.69) is 25.9 Å². The van der Waals surface area contributed by atoms with Crippen molar-refractivity contribution in [3.8, 4) is 11.8 Å². The van der Waals surface area contributed by atoms with E-state index < -0.39 is 0 Å². The third-order valence-electron chi connectivity index (χ3n) is 3.97. The summed E-state index contributed by atoms with van der Waals surface area (Å²) in [4.78, 5) is 24.1. The first-order chi connectivity index (χ1) is 8.50. The zero-order chi connectivity index (χ0) is 13.2. The quantitative estimate of drug-likeness (QED) is 0.225. The second-order valence-corrected chi connectivity index (χ2v) is 5.71. The van der Waals surface area contributed by atoms with Gasteiger partial charge in [-0.15, -0.1) is 0 Å². The van der Waals surface area contributed by atoms with Crippen LogP contribution in [-0.2, 0) is 9.59 Å². The van der Waals surface area contributed by atoms with E-state index in [1.54, 1.807) is 0 Å². The summed E-state index contributed by atoms with van der Waals surface area (Å²) >= 11 is 0. The van der Waals surface area contributed by atoms with Gasteiger partial charge in [0.1, 0.15) is 0 Å². The molecule has 0 bridgehead atoms. The lowest BCUT2D eigenvalue weighted by atomic mass is 10.0. The first kappa shape index (κ1) is 16.4. The van der Waals surface area contributed by atoms with Crippen LogP contribution >= 0.6 is 0 Å². The highest BCUT2D eigenvalue weighted by Crippen LogP contribution is 2.20. The van der Waals surface area contributed by atoms with E-state index in [0.29, 0.717) is 18.9 Å². The third-order valence-corrected chi connectivity index (χ3v) is 3.97. The van der Waals surface area contributed by atoms with Crippen LogP contribution in [0.2, 0.25) is 0 Å². The van der Waals surface area contributed by atoms with Crippen LogP contribution < -0.4 is 24.0 Å². The van der Waals surface area contributed by atoms with Crippen molar-refractivity contribution >= 4 is 11.8 Å². The molecular formula is C14H21IN2O2. The Hall–Kier alpha value is -0.610. The number of halogens is 1. The molecule has 0 saturated carbocycles. The fraction of sp³-hybridized carbons (Fsp3) is 0.714. The zero-order valence-corrected chi connectivity index (χ0v) is 13.8.